The number of hydrogen-bond donors (Lipinski definition) is 2. The van der Waals surface area contributed by atoms with E-state index in [0.29, 0.717) is 5.00 Å². The number of thiophene rings is 1. The molecule has 0 aliphatic carbocycles. The highest BCUT2D eigenvalue weighted by Crippen LogP contribution is 2.34. The van der Waals surface area contributed by atoms with Crippen molar-refractivity contribution in [1.29, 1.82) is 0 Å². The highest BCUT2D eigenvalue weighted by Gasteiger charge is 2.27. The normalized spacial score (nSPS) is 11.8. The van der Waals surface area contributed by atoms with E-state index in [0.717, 1.165) is 10.4 Å². The number of methoxy groups -OCH3 is 2. The third-order valence-electron chi connectivity index (χ3n) is 4.16. The number of carbonyl (C=O) groups is 2. The molecular formula is C20H26N2O6S2. The van der Waals surface area contributed by atoms with Gasteiger partial charge in [-0.1, -0.05) is 0 Å². The van der Waals surface area contributed by atoms with Crippen molar-refractivity contribution < 1.29 is 27.5 Å². The molecule has 0 aliphatic heterocycles. The van der Waals surface area contributed by atoms with Gasteiger partial charge in [0.05, 0.1) is 19.8 Å². The van der Waals surface area contributed by atoms with Gasteiger partial charge in [-0.3, -0.25) is 4.79 Å². The standard InChI is InChI=1S/C20H26N2O6S2/c1-11-12(2)29-18(16(11)19(24)28-7)21-17(23)13-8-9-14(27-6)15(10-13)30(25,26)22-20(3,4)5/h8-10,22H,1-7H3,(H,21,23). The highest BCUT2D eigenvalue weighted by molar-refractivity contribution is 7.89. The molecule has 1 heterocycles. The van der Waals surface area contributed by atoms with Crippen LogP contribution in [0.1, 0.15) is 51.9 Å². The Morgan fingerprint density at radius 2 is 1.73 bits per heavy atom. The molecule has 1 aromatic heterocycles. The number of aryl methyl sites for hydroxylation is 1. The number of ether oxygens (including phenoxy) is 2. The molecule has 0 radical (unpaired) electrons. The maximum absolute atomic E-state index is 12.8. The van der Waals surface area contributed by atoms with E-state index in [4.69, 9.17) is 9.47 Å². The zero-order valence-electron chi connectivity index (χ0n) is 18.0. The molecule has 164 valence electrons. The second kappa shape index (κ2) is 8.75. The summed E-state index contributed by atoms with van der Waals surface area (Å²) in [5.41, 5.74) is 0.382. The molecule has 0 saturated heterocycles. The van der Waals surface area contributed by atoms with Gasteiger partial charge in [-0.15, -0.1) is 11.3 Å². The van der Waals surface area contributed by atoms with Gasteiger partial charge in [0.15, 0.2) is 0 Å². The molecule has 0 aliphatic rings. The number of benzene rings is 1. The Morgan fingerprint density at radius 3 is 2.27 bits per heavy atom. The molecule has 0 fully saturated rings. The van der Waals surface area contributed by atoms with Crippen LogP contribution in [-0.2, 0) is 14.8 Å². The van der Waals surface area contributed by atoms with Crippen LogP contribution >= 0.6 is 11.3 Å². The van der Waals surface area contributed by atoms with E-state index in [-0.39, 0.29) is 21.8 Å². The maximum Gasteiger partial charge on any atom is 0.341 e. The Hall–Kier alpha value is -2.43. The first-order valence-corrected chi connectivity index (χ1v) is 11.3. The first kappa shape index (κ1) is 23.8. The molecule has 0 saturated carbocycles. The average Bonchev–Trinajstić information content (AvgIpc) is 2.92. The minimum atomic E-state index is -3.94. The molecule has 2 N–H and O–H groups in total. The number of carbonyl (C=O) groups excluding carboxylic acids is 2. The largest absolute Gasteiger partial charge is 0.495 e. The van der Waals surface area contributed by atoms with Gasteiger partial charge < -0.3 is 14.8 Å². The summed E-state index contributed by atoms with van der Waals surface area (Å²) >= 11 is 1.24. The van der Waals surface area contributed by atoms with Crippen LogP contribution in [0.25, 0.3) is 0 Å². The van der Waals surface area contributed by atoms with Crippen molar-refractivity contribution in [1.82, 2.24) is 4.72 Å². The molecule has 2 rings (SSSR count). The predicted octanol–water partition coefficient (Wildman–Crippen LogP) is 3.49. The van der Waals surface area contributed by atoms with E-state index in [1.54, 1.807) is 27.7 Å². The van der Waals surface area contributed by atoms with E-state index in [1.807, 2.05) is 6.92 Å². The van der Waals surface area contributed by atoms with Crippen LogP contribution < -0.4 is 14.8 Å². The molecule has 1 aromatic carbocycles. The highest BCUT2D eigenvalue weighted by atomic mass is 32.2. The van der Waals surface area contributed by atoms with Crippen molar-refractivity contribution >= 4 is 38.2 Å². The molecule has 1 amide bonds. The van der Waals surface area contributed by atoms with E-state index in [2.05, 4.69) is 10.0 Å². The van der Waals surface area contributed by atoms with E-state index in [1.165, 1.54) is 43.8 Å². The fourth-order valence-electron chi connectivity index (χ4n) is 2.72. The first-order chi connectivity index (χ1) is 13.8. The molecule has 0 spiro atoms. The van der Waals surface area contributed by atoms with Crippen LogP contribution in [0, 0.1) is 13.8 Å². The van der Waals surface area contributed by atoms with Crippen LogP contribution in [0.5, 0.6) is 5.75 Å². The Bertz CT molecular complexity index is 1080. The van der Waals surface area contributed by atoms with Crippen LogP contribution in [0.15, 0.2) is 23.1 Å². The average molecular weight is 455 g/mol. The Kier molecular flexibility index (Phi) is 6.95. The zero-order valence-corrected chi connectivity index (χ0v) is 19.6. The molecule has 0 unspecified atom stereocenters. The predicted molar refractivity (Wildman–Crippen MR) is 116 cm³/mol. The minimum absolute atomic E-state index is 0.101. The summed E-state index contributed by atoms with van der Waals surface area (Å²) in [7, 11) is -1.33. The molecule has 0 bridgehead atoms. The second-order valence-electron chi connectivity index (χ2n) is 7.65. The summed E-state index contributed by atoms with van der Waals surface area (Å²) in [5.74, 6) is -1.00. The Balaban J connectivity index is 2.46. The number of rotatable bonds is 6. The Morgan fingerprint density at radius 1 is 1.10 bits per heavy atom. The van der Waals surface area contributed by atoms with Crippen molar-refractivity contribution in [2.45, 2.75) is 45.1 Å². The van der Waals surface area contributed by atoms with Crippen molar-refractivity contribution in [2.75, 3.05) is 19.5 Å². The molecule has 2 aromatic rings. The number of nitrogens with one attached hydrogen (secondary N) is 2. The Labute approximate surface area is 180 Å². The lowest BCUT2D eigenvalue weighted by atomic mass is 10.1. The third-order valence-corrected chi connectivity index (χ3v) is 7.06. The van der Waals surface area contributed by atoms with Crippen molar-refractivity contribution in [3.05, 3.63) is 39.8 Å². The maximum atomic E-state index is 12.8. The van der Waals surface area contributed by atoms with Crippen LogP contribution in [-0.4, -0.2) is 40.1 Å². The molecule has 0 atom stereocenters. The summed E-state index contributed by atoms with van der Waals surface area (Å²) in [6, 6.07) is 4.11. The molecular weight excluding hydrogens is 428 g/mol. The lowest BCUT2D eigenvalue weighted by Crippen LogP contribution is -2.40. The van der Waals surface area contributed by atoms with Crippen molar-refractivity contribution in [3.63, 3.8) is 0 Å². The minimum Gasteiger partial charge on any atom is -0.495 e. The fourth-order valence-corrected chi connectivity index (χ4v) is 5.38. The van der Waals surface area contributed by atoms with Crippen molar-refractivity contribution in [3.8, 4) is 5.75 Å². The smallest absolute Gasteiger partial charge is 0.341 e. The van der Waals surface area contributed by atoms with Gasteiger partial charge in [0.2, 0.25) is 10.0 Å². The van der Waals surface area contributed by atoms with Crippen LogP contribution in [0.3, 0.4) is 0 Å². The van der Waals surface area contributed by atoms with Gasteiger partial charge in [-0.25, -0.2) is 17.9 Å². The van der Waals surface area contributed by atoms with Crippen LogP contribution in [0.4, 0.5) is 5.00 Å². The van der Waals surface area contributed by atoms with Crippen molar-refractivity contribution in [2.24, 2.45) is 0 Å². The van der Waals surface area contributed by atoms with Gasteiger partial charge in [-0.2, -0.15) is 0 Å². The lowest BCUT2D eigenvalue weighted by molar-refractivity contribution is 0.0601. The first-order valence-electron chi connectivity index (χ1n) is 9.02. The number of hydrogen-bond acceptors (Lipinski definition) is 7. The van der Waals surface area contributed by atoms with Gasteiger partial charge in [0.25, 0.3) is 5.91 Å². The quantitative estimate of drug-likeness (QED) is 0.647. The topological polar surface area (TPSA) is 111 Å². The zero-order chi connectivity index (χ0) is 22.9. The summed E-state index contributed by atoms with van der Waals surface area (Å²) in [6.45, 7) is 8.73. The number of sulfonamides is 1. The number of anilines is 1. The number of amides is 1. The number of esters is 1. The third kappa shape index (κ3) is 5.18. The van der Waals surface area contributed by atoms with Gasteiger partial charge in [0, 0.05) is 16.0 Å². The lowest BCUT2D eigenvalue weighted by Gasteiger charge is -2.21. The summed E-state index contributed by atoms with van der Waals surface area (Å²) < 4.78 is 38.1. The van der Waals surface area contributed by atoms with Crippen LogP contribution in [0.2, 0.25) is 0 Å². The van der Waals surface area contributed by atoms with E-state index in [9.17, 15) is 18.0 Å². The van der Waals surface area contributed by atoms with Gasteiger partial charge in [0.1, 0.15) is 15.6 Å². The van der Waals surface area contributed by atoms with Gasteiger partial charge in [-0.05, 0) is 58.4 Å². The second-order valence-corrected chi connectivity index (χ2v) is 10.5. The summed E-state index contributed by atoms with van der Waals surface area (Å²) in [5, 5.41) is 3.03. The van der Waals surface area contributed by atoms with E-state index >= 15 is 0 Å². The molecule has 8 nitrogen and oxygen atoms in total. The summed E-state index contributed by atoms with van der Waals surface area (Å²) in [6.07, 6.45) is 0. The molecule has 30 heavy (non-hydrogen) atoms. The summed E-state index contributed by atoms with van der Waals surface area (Å²) in [4.78, 5) is 25.7. The van der Waals surface area contributed by atoms with E-state index < -0.39 is 27.4 Å². The molecule has 10 heteroatoms. The fraction of sp³-hybridized carbons (Fsp3) is 0.400. The monoisotopic (exact) mass is 454 g/mol. The van der Waals surface area contributed by atoms with Gasteiger partial charge >= 0.3 is 5.97 Å². The SMILES string of the molecule is COC(=O)c1c(NC(=O)c2ccc(OC)c(S(=O)(=O)NC(C)(C)C)c2)sc(C)c1C.